The van der Waals surface area contributed by atoms with Gasteiger partial charge in [0, 0.05) is 23.4 Å². The summed E-state index contributed by atoms with van der Waals surface area (Å²) in [6.45, 7) is 3.03. The van der Waals surface area contributed by atoms with Crippen molar-refractivity contribution in [3.63, 3.8) is 0 Å². The first-order valence-corrected chi connectivity index (χ1v) is 5.13. The molecule has 0 radical (unpaired) electrons. The molecule has 2 heterocycles. The van der Waals surface area contributed by atoms with Crippen LogP contribution in [0.25, 0.3) is 11.3 Å². The van der Waals surface area contributed by atoms with Crippen molar-refractivity contribution in [3.05, 3.63) is 35.5 Å². The van der Waals surface area contributed by atoms with Gasteiger partial charge in [-0.05, 0) is 31.0 Å². The molecule has 1 aromatic carbocycles. The predicted molar refractivity (Wildman–Crippen MR) is 58.9 cm³/mol. The molecule has 0 fully saturated rings. The Bertz CT molecular complexity index is 502. The Morgan fingerprint density at radius 1 is 1.40 bits per heavy atom. The smallest absolute Gasteiger partial charge is 0.172 e. The molecule has 0 aliphatic carbocycles. The first-order valence-electron chi connectivity index (χ1n) is 5.13. The molecule has 3 nitrogen and oxygen atoms in total. The first kappa shape index (κ1) is 8.53. The molecule has 76 valence electrons. The predicted octanol–water partition coefficient (Wildman–Crippen LogP) is 2.62. The van der Waals surface area contributed by atoms with Gasteiger partial charge >= 0.3 is 0 Å². The molecule has 1 aromatic heterocycles. The lowest BCUT2D eigenvalue weighted by molar-refractivity contribution is 0.432. The summed E-state index contributed by atoms with van der Waals surface area (Å²) in [5.74, 6) is 0.912. The fourth-order valence-corrected chi connectivity index (χ4v) is 1.99. The number of benzene rings is 1. The van der Waals surface area contributed by atoms with Crippen molar-refractivity contribution in [2.24, 2.45) is 0 Å². The highest BCUT2D eigenvalue weighted by atomic mass is 16.5. The third-order valence-electron chi connectivity index (χ3n) is 2.77. The minimum atomic E-state index is 0.912. The van der Waals surface area contributed by atoms with Gasteiger partial charge in [0.2, 0.25) is 0 Å². The maximum atomic E-state index is 5.31. The fourth-order valence-electron chi connectivity index (χ4n) is 1.99. The maximum absolute atomic E-state index is 5.31. The van der Waals surface area contributed by atoms with Crippen molar-refractivity contribution < 1.29 is 4.52 Å². The standard InChI is InChI=1S/C12H12N2O/c1-8-2-3-10-11(6-8)13-5-4-9-7-14-15-12(9)10/h2-3,6-7,13H,4-5H2,1H3. The van der Waals surface area contributed by atoms with Crippen molar-refractivity contribution >= 4 is 5.69 Å². The average Bonchev–Trinajstić information content (AvgIpc) is 2.61. The van der Waals surface area contributed by atoms with Gasteiger partial charge in [-0.1, -0.05) is 11.2 Å². The number of aryl methyl sites for hydroxylation is 1. The van der Waals surface area contributed by atoms with E-state index in [2.05, 4.69) is 35.6 Å². The molecule has 2 aromatic rings. The number of anilines is 1. The molecule has 1 aliphatic heterocycles. The van der Waals surface area contributed by atoms with E-state index in [-0.39, 0.29) is 0 Å². The Balaban J connectivity index is 2.25. The van der Waals surface area contributed by atoms with Crippen molar-refractivity contribution in [1.29, 1.82) is 0 Å². The molecular weight excluding hydrogens is 188 g/mol. The van der Waals surface area contributed by atoms with Gasteiger partial charge in [0.15, 0.2) is 5.76 Å². The summed E-state index contributed by atoms with van der Waals surface area (Å²) >= 11 is 0. The van der Waals surface area contributed by atoms with Crippen LogP contribution in [-0.2, 0) is 6.42 Å². The van der Waals surface area contributed by atoms with E-state index in [4.69, 9.17) is 4.52 Å². The number of rotatable bonds is 0. The first-order chi connectivity index (χ1) is 7.34. The van der Waals surface area contributed by atoms with Crippen LogP contribution in [0.4, 0.5) is 5.69 Å². The zero-order chi connectivity index (χ0) is 10.3. The molecule has 0 unspecified atom stereocenters. The molecule has 0 spiro atoms. The van der Waals surface area contributed by atoms with Gasteiger partial charge in [-0.15, -0.1) is 0 Å². The van der Waals surface area contributed by atoms with E-state index in [0.717, 1.165) is 30.0 Å². The Morgan fingerprint density at radius 2 is 2.33 bits per heavy atom. The number of nitrogens with zero attached hydrogens (tertiary/aromatic N) is 1. The van der Waals surface area contributed by atoms with E-state index in [1.54, 1.807) is 0 Å². The van der Waals surface area contributed by atoms with Crippen molar-refractivity contribution in [2.45, 2.75) is 13.3 Å². The van der Waals surface area contributed by atoms with Crippen molar-refractivity contribution in [2.75, 3.05) is 11.9 Å². The summed E-state index contributed by atoms with van der Waals surface area (Å²) in [6.07, 6.45) is 2.78. The quantitative estimate of drug-likeness (QED) is 0.710. The Morgan fingerprint density at radius 3 is 3.27 bits per heavy atom. The molecule has 1 N–H and O–H groups in total. The molecule has 0 saturated carbocycles. The monoisotopic (exact) mass is 200 g/mol. The number of aromatic nitrogens is 1. The minimum absolute atomic E-state index is 0.912. The van der Waals surface area contributed by atoms with E-state index < -0.39 is 0 Å². The zero-order valence-electron chi connectivity index (χ0n) is 8.58. The topological polar surface area (TPSA) is 38.1 Å². The molecule has 15 heavy (non-hydrogen) atoms. The SMILES string of the molecule is Cc1ccc2c(c1)NCCc1cnoc1-2. The Hall–Kier alpha value is -1.77. The summed E-state index contributed by atoms with van der Waals surface area (Å²) in [5, 5.41) is 7.28. The molecule has 3 rings (SSSR count). The molecular formula is C12H12N2O. The summed E-state index contributed by atoms with van der Waals surface area (Å²) in [6, 6.07) is 6.33. The lowest BCUT2D eigenvalue weighted by atomic mass is 10.1. The number of fused-ring (bicyclic) bond motifs is 3. The van der Waals surface area contributed by atoms with Crippen LogP contribution in [0.2, 0.25) is 0 Å². The van der Waals surface area contributed by atoms with E-state index >= 15 is 0 Å². The molecule has 0 saturated heterocycles. The van der Waals surface area contributed by atoms with Crippen LogP contribution in [0, 0.1) is 6.92 Å². The number of nitrogens with one attached hydrogen (secondary N) is 1. The maximum Gasteiger partial charge on any atom is 0.172 e. The van der Waals surface area contributed by atoms with Crippen LogP contribution in [0.3, 0.4) is 0 Å². The third kappa shape index (κ3) is 1.31. The third-order valence-corrected chi connectivity index (χ3v) is 2.77. The van der Waals surface area contributed by atoms with Crippen molar-refractivity contribution in [3.8, 4) is 11.3 Å². The minimum Gasteiger partial charge on any atom is -0.384 e. The van der Waals surface area contributed by atoms with E-state index in [1.807, 2.05) is 6.20 Å². The van der Waals surface area contributed by atoms with Crippen LogP contribution in [0.1, 0.15) is 11.1 Å². The van der Waals surface area contributed by atoms with Crippen LogP contribution in [0.5, 0.6) is 0 Å². The highest BCUT2D eigenvalue weighted by molar-refractivity contribution is 5.77. The van der Waals surface area contributed by atoms with Crippen LogP contribution < -0.4 is 5.32 Å². The molecule has 1 aliphatic rings. The van der Waals surface area contributed by atoms with Gasteiger partial charge in [0.1, 0.15) is 0 Å². The highest BCUT2D eigenvalue weighted by Gasteiger charge is 2.17. The van der Waals surface area contributed by atoms with Gasteiger partial charge in [-0.3, -0.25) is 0 Å². The largest absolute Gasteiger partial charge is 0.384 e. The average molecular weight is 200 g/mol. The second-order valence-corrected chi connectivity index (χ2v) is 3.91. The fraction of sp³-hybridized carbons (Fsp3) is 0.250. The number of hydrogen-bond donors (Lipinski definition) is 1. The van der Waals surface area contributed by atoms with E-state index in [0.29, 0.717) is 0 Å². The number of hydrogen-bond acceptors (Lipinski definition) is 3. The second kappa shape index (κ2) is 3.12. The lowest BCUT2D eigenvalue weighted by Gasteiger charge is -2.07. The van der Waals surface area contributed by atoms with E-state index in [9.17, 15) is 0 Å². The summed E-state index contributed by atoms with van der Waals surface area (Å²) < 4.78 is 5.31. The normalized spacial score (nSPS) is 13.7. The van der Waals surface area contributed by atoms with Crippen LogP contribution in [0.15, 0.2) is 28.9 Å². The van der Waals surface area contributed by atoms with Gasteiger partial charge in [0.25, 0.3) is 0 Å². The Kier molecular flexibility index (Phi) is 1.78. The molecule has 0 atom stereocenters. The second-order valence-electron chi connectivity index (χ2n) is 3.91. The summed E-state index contributed by atoms with van der Waals surface area (Å²) in [7, 11) is 0. The van der Waals surface area contributed by atoms with Gasteiger partial charge in [-0.2, -0.15) is 0 Å². The summed E-state index contributed by atoms with van der Waals surface area (Å²) in [4.78, 5) is 0. The highest BCUT2D eigenvalue weighted by Crippen LogP contribution is 2.33. The molecule has 3 heteroatoms. The van der Waals surface area contributed by atoms with Crippen LogP contribution in [-0.4, -0.2) is 11.7 Å². The van der Waals surface area contributed by atoms with Gasteiger partial charge in [-0.25, -0.2) is 0 Å². The summed E-state index contributed by atoms with van der Waals surface area (Å²) in [5.41, 5.74) is 4.70. The van der Waals surface area contributed by atoms with Gasteiger partial charge < -0.3 is 9.84 Å². The van der Waals surface area contributed by atoms with Gasteiger partial charge in [0.05, 0.1) is 6.20 Å². The van der Waals surface area contributed by atoms with Crippen molar-refractivity contribution in [1.82, 2.24) is 5.16 Å². The zero-order valence-corrected chi connectivity index (χ0v) is 8.58. The Labute approximate surface area is 88.1 Å². The van der Waals surface area contributed by atoms with E-state index in [1.165, 1.54) is 11.1 Å². The molecule has 0 amide bonds. The van der Waals surface area contributed by atoms with Crippen LogP contribution >= 0.6 is 0 Å². The lowest BCUT2D eigenvalue weighted by Crippen LogP contribution is -2.02. The molecule has 0 bridgehead atoms.